The van der Waals surface area contributed by atoms with Gasteiger partial charge in [-0.15, -0.1) is 0 Å². The molecule has 0 fully saturated rings. The van der Waals surface area contributed by atoms with Crippen LogP contribution in [0.5, 0.6) is 0 Å². The van der Waals surface area contributed by atoms with Gasteiger partial charge in [0.1, 0.15) is 0 Å². The zero-order chi connectivity index (χ0) is 9.80. The first kappa shape index (κ1) is 9.65. The zero-order valence-electron chi connectivity index (χ0n) is 8.28. The van der Waals surface area contributed by atoms with Crippen LogP contribution in [0.25, 0.3) is 0 Å². The number of hydrogen-bond donors (Lipinski definition) is 1. The number of nitrogens with zero attached hydrogens (tertiary/aromatic N) is 1. The Morgan fingerprint density at radius 1 is 1.29 bits per heavy atom. The van der Waals surface area contributed by atoms with Crippen molar-refractivity contribution >= 4 is 0 Å². The molecule has 1 aliphatic heterocycles. The van der Waals surface area contributed by atoms with Crippen LogP contribution in [-0.4, -0.2) is 24.6 Å². The number of fused-ring (bicyclic) bond motifs is 1. The maximum Gasteiger partial charge on any atom is 0.0806 e. The quantitative estimate of drug-likeness (QED) is 0.724. The van der Waals surface area contributed by atoms with Crippen LogP contribution in [0.1, 0.15) is 11.1 Å². The summed E-state index contributed by atoms with van der Waals surface area (Å²) in [6.45, 7) is 3.67. The molecule has 1 aromatic rings. The van der Waals surface area contributed by atoms with E-state index < -0.39 is 0 Å². The summed E-state index contributed by atoms with van der Waals surface area (Å²) in [7, 11) is 0. The lowest BCUT2D eigenvalue weighted by molar-refractivity contribution is 0.101. The molecule has 3 nitrogen and oxygen atoms in total. The molecule has 0 amide bonds. The summed E-state index contributed by atoms with van der Waals surface area (Å²) in [5.74, 6) is 5.01. The first-order valence-corrected chi connectivity index (χ1v) is 5.01. The van der Waals surface area contributed by atoms with E-state index in [0.29, 0.717) is 6.61 Å². The third kappa shape index (κ3) is 2.12. The minimum Gasteiger partial charge on any atom is -0.303 e. The molecule has 0 saturated carbocycles. The second-order valence-electron chi connectivity index (χ2n) is 3.67. The number of nitrogens with two attached hydrogens (primary N) is 1. The highest BCUT2D eigenvalue weighted by atomic mass is 16.6. The van der Waals surface area contributed by atoms with Crippen LogP contribution in [0, 0.1) is 0 Å². The average molecular weight is 192 g/mol. The van der Waals surface area contributed by atoms with E-state index in [1.54, 1.807) is 0 Å². The Hall–Kier alpha value is -0.900. The van der Waals surface area contributed by atoms with Gasteiger partial charge >= 0.3 is 0 Å². The molecule has 0 saturated heterocycles. The lowest BCUT2D eigenvalue weighted by Gasteiger charge is -2.28. The molecule has 0 radical (unpaired) electrons. The van der Waals surface area contributed by atoms with E-state index in [1.165, 1.54) is 11.1 Å². The predicted molar refractivity (Wildman–Crippen MR) is 55.6 cm³/mol. The van der Waals surface area contributed by atoms with Gasteiger partial charge in [0.2, 0.25) is 0 Å². The van der Waals surface area contributed by atoms with Crippen LogP contribution in [-0.2, 0) is 17.8 Å². The van der Waals surface area contributed by atoms with Crippen molar-refractivity contribution in [2.24, 2.45) is 5.90 Å². The minimum absolute atomic E-state index is 0.613. The molecule has 1 aliphatic rings. The van der Waals surface area contributed by atoms with Gasteiger partial charge in [-0.3, -0.25) is 4.90 Å². The molecule has 0 atom stereocenters. The number of rotatable bonds is 3. The summed E-state index contributed by atoms with van der Waals surface area (Å²) >= 11 is 0. The van der Waals surface area contributed by atoms with Crippen molar-refractivity contribution in [3.05, 3.63) is 35.4 Å². The lowest BCUT2D eigenvalue weighted by Crippen LogP contribution is -2.33. The van der Waals surface area contributed by atoms with Crippen molar-refractivity contribution < 1.29 is 4.84 Å². The lowest BCUT2D eigenvalue weighted by atomic mass is 10.0. The van der Waals surface area contributed by atoms with Gasteiger partial charge in [0, 0.05) is 19.6 Å². The highest BCUT2D eigenvalue weighted by Gasteiger charge is 2.14. The molecule has 14 heavy (non-hydrogen) atoms. The SMILES string of the molecule is NOCCN1CCc2ccccc2C1. The van der Waals surface area contributed by atoms with Gasteiger partial charge in [-0.25, -0.2) is 5.90 Å². The first-order valence-electron chi connectivity index (χ1n) is 5.01. The third-order valence-electron chi connectivity index (χ3n) is 2.74. The summed E-state index contributed by atoms with van der Waals surface area (Å²) in [5, 5.41) is 0. The van der Waals surface area contributed by atoms with Gasteiger partial charge in [0.05, 0.1) is 6.61 Å². The van der Waals surface area contributed by atoms with Gasteiger partial charge in [-0.05, 0) is 17.5 Å². The van der Waals surface area contributed by atoms with Crippen molar-refractivity contribution in [3.8, 4) is 0 Å². The Kier molecular flexibility index (Phi) is 3.14. The fourth-order valence-corrected chi connectivity index (χ4v) is 1.93. The fraction of sp³-hybridized carbons (Fsp3) is 0.455. The van der Waals surface area contributed by atoms with Crippen LogP contribution in [0.3, 0.4) is 0 Å². The Bertz CT molecular complexity index is 301. The van der Waals surface area contributed by atoms with E-state index in [2.05, 4.69) is 34.0 Å². The average Bonchev–Trinajstić information content (AvgIpc) is 2.26. The van der Waals surface area contributed by atoms with Crippen molar-refractivity contribution in [2.75, 3.05) is 19.7 Å². The van der Waals surface area contributed by atoms with Crippen LogP contribution < -0.4 is 5.90 Å². The van der Waals surface area contributed by atoms with Crippen LogP contribution in [0.2, 0.25) is 0 Å². The second kappa shape index (κ2) is 4.55. The van der Waals surface area contributed by atoms with Crippen molar-refractivity contribution in [3.63, 3.8) is 0 Å². The minimum atomic E-state index is 0.613. The predicted octanol–water partition coefficient (Wildman–Crippen LogP) is 0.935. The molecule has 2 N–H and O–H groups in total. The topological polar surface area (TPSA) is 38.5 Å². The smallest absolute Gasteiger partial charge is 0.0806 e. The highest BCUT2D eigenvalue weighted by molar-refractivity contribution is 5.28. The zero-order valence-corrected chi connectivity index (χ0v) is 8.28. The molecule has 0 spiro atoms. The van der Waals surface area contributed by atoms with E-state index in [4.69, 9.17) is 5.90 Å². The Balaban J connectivity index is 1.99. The molecule has 76 valence electrons. The van der Waals surface area contributed by atoms with Crippen LogP contribution >= 0.6 is 0 Å². The Morgan fingerprint density at radius 3 is 2.86 bits per heavy atom. The van der Waals surface area contributed by atoms with E-state index in [9.17, 15) is 0 Å². The first-order chi connectivity index (χ1) is 6.90. The largest absolute Gasteiger partial charge is 0.303 e. The molecule has 3 heteroatoms. The molecule has 1 heterocycles. The van der Waals surface area contributed by atoms with Crippen LogP contribution in [0.15, 0.2) is 24.3 Å². The highest BCUT2D eigenvalue weighted by Crippen LogP contribution is 2.17. The molecule has 0 aliphatic carbocycles. The monoisotopic (exact) mass is 192 g/mol. The van der Waals surface area contributed by atoms with Crippen molar-refractivity contribution in [1.82, 2.24) is 4.90 Å². The summed E-state index contributed by atoms with van der Waals surface area (Å²) in [5.41, 5.74) is 2.92. The summed E-state index contributed by atoms with van der Waals surface area (Å²) in [4.78, 5) is 6.96. The normalized spacial score (nSPS) is 16.6. The van der Waals surface area contributed by atoms with Gasteiger partial charge in [-0.2, -0.15) is 0 Å². The third-order valence-corrected chi connectivity index (χ3v) is 2.74. The maximum atomic E-state index is 5.01. The molecular formula is C11H16N2O. The summed E-state index contributed by atoms with van der Waals surface area (Å²) < 4.78 is 0. The van der Waals surface area contributed by atoms with E-state index in [-0.39, 0.29) is 0 Å². The Morgan fingerprint density at radius 2 is 2.07 bits per heavy atom. The molecular weight excluding hydrogens is 176 g/mol. The van der Waals surface area contributed by atoms with Gasteiger partial charge in [0.15, 0.2) is 0 Å². The molecule has 0 unspecified atom stereocenters. The molecule has 2 rings (SSSR count). The van der Waals surface area contributed by atoms with Gasteiger partial charge < -0.3 is 4.84 Å². The van der Waals surface area contributed by atoms with Crippen molar-refractivity contribution in [1.29, 1.82) is 0 Å². The number of hydrogen-bond acceptors (Lipinski definition) is 3. The summed E-state index contributed by atoms with van der Waals surface area (Å²) in [6, 6.07) is 8.62. The van der Waals surface area contributed by atoms with E-state index in [0.717, 1.165) is 26.1 Å². The maximum absolute atomic E-state index is 5.01. The second-order valence-corrected chi connectivity index (χ2v) is 3.67. The van der Waals surface area contributed by atoms with E-state index >= 15 is 0 Å². The molecule has 0 aromatic heterocycles. The Labute approximate surface area is 84.4 Å². The molecule has 1 aromatic carbocycles. The number of benzene rings is 1. The van der Waals surface area contributed by atoms with Gasteiger partial charge in [0.25, 0.3) is 0 Å². The fourth-order valence-electron chi connectivity index (χ4n) is 1.93. The van der Waals surface area contributed by atoms with Gasteiger partial charge in [-0.1, -0.05) is 24.3 Å². The standard InChI is InChI=1S/C11H16N2O/c12-14-8-7-13-6-5-10-3-1-2-4-11(10)9-13/h1-4H,5-9,12H2. The van der Waals surface area contributed by atoms with Crippen molar-refractivity contribution in [2.45, 2.75) is 13.0 Å². The molecule has 0 bridgehead atoms. The van der Waals surface area contributed by atoms with E-state index in [1.807, 2.05) is 0 Å². The van der Waals surface area contributed by atoms with Crippen LogP contribution in [0.4, 0.5) is 0 Å². The summed E-state index contributed by atoms with van der Waals surface area (Å²) in [6.07, 6.45) is 1.14.